The molecule has 0 spiro atoms. The van der Waals surface area contributed by atoms with Crippen LogP contribution < -0.4 is 0 Å². The second-order valence-electron chi connectivity index (χ2n) is 7.98. The summed E-state index contributed by atoms with van der Waals surface area (Å²) in [5.74, 6) is -1.34. The lowest BCUT2D eigenvalue weighted by Crippen LogP contribution is -2.31. The van der Waals surface area contributed by atoms with Crippen molar-refractivity contribution in [1.29, 1.82) is 0 Å². The highest BCUT2D eigenvalue weighted by Crippen LogP contribution is 2.41. The van der Waals surface area contributed by atoms with Gasteiger partial charge in [-0.1, -0.05) is 54.1 Å². The average molecular weight is 443 g/mol. The van der Waals surface area contributed by atoms with Crippen molar-refractivity contribution < 1.29 is 14.7 Å². The normalized spacial score (nSPS) is 18.0. The number of carbonyl (C=O) groups is 2. The number of Topliss-reactive ketones (excluding diaryl/α,β-unsaturated/α-hetero) is 1. The quantitative estimate of drug-likeness (QED) is 0.253. The van der Waals surface area contributed by atoms with Crippen LogP contribution in [0.15, 0.2) is 77.8 Å². The van der Waals surface area contributed by atoms with Crippen LogP contribution in [0.1, 0.15) is 27.6 Å². The van der Waals surface area contributed by atoms with E-state index in [9.17, 15) is 14.7 Å². The van der Waals surface area contributed by atoms with Crippen molar-refractivity contribution in [1.82, 2.24) is 9.88 Å². The number of amides is 1. The van der Waals surface area contributed by atoms with Gasteiger partial charge in [0.05, 0.1) is 11.6 Å². The first-order valence-electron chi connectivity index (χ1n) is 10.5. The monoisotopic (exact) mass is 442 g/mol. The van der Waals surface area contributed by atoms with Crippen LogP contribution >= 0.6 is 11.3 Å². The molecule has 1 atom stereocenters. The van der Waals surface area contributed by atoms with Gasteiger partial charge in [0.2, 0.25) is 0 Å². The number of rotatable bonds is 5. The summed E-state index contributed by atoms with van der Waals surface area (Å²) in [7, 11) is 0. The number of aromatic amines is 1. The van der Waals surface area contributed by atoms with Crippen molar-refractivity contribution in [3.8, 4) is 0 Å². The smallest absolute Gasteiger partial charge is 0.295 e. The Kier molecular flexibility index (Phi) is 5.15. The van der Waals surface area contributed by atoms with Crippen LogP contribution in [0.4, 0.5) is 0 Å². The number of carbonyl (C=O) groups excluding carboxylic acids is 2. The van der Waals surface area contributed by atoms with Crippen LogP contribution in [-0.2, 0) is 16.0 Å². The lowest BCUT2D eigenvalue weighted by Gasteiger charge is -2.24. The van der Waals surface area contributed by atoms with Gasteiger partial charge < -0.3 is 15.0 Å². The highest BCUT2D eigenvalue weighted by atomic mass is 32.1. The first-order chi connectivity index (χ1) is 15.5. The van der Waals surface area contributed by atoms with Crippen LogP contribution in [0.2, 0.25) is 0 Å². The zero-order chi connectivity index (χ0) is 22.2. The summed E-state index contributed by atoms with van der Waals surface area (Å²) in [5.41, 5.74) is 3.87. The molecule has 0 saturated carbocycles. The van der Waals surface area contributed by atoms with Gasteiger partial charge in [0.1, 0.15) is 5.76 Å². The first kappa shape index (κ1) is 20.3. The molecule has 160 valence electrons. The van der Waals surface area contributed by atoms with Gasteiger partial charge in [-0.05, 0) is 36.4 Å². The van der Waals surface area contributed by atoms with Gasteiger partial charge >= 0.3 is 0 Å². The van der Waals surface area contributed by atoms with E-state index in [0.29, 0.717) is 18.5 Å². The molecule has 5 nitrogen and oxygen atoms in total. The van der Waals surface area contributed by atoms with E-state index in [4.69, 9.17) is 0 Å². The minimum atomic E-state index is -0.639. The molecule has 2 aromatic heterocycles. The fraction of sp³-hybridized carbons (Fsp3) is 0.154. The zero-order valence-corrected chi connectivity index (χ0v) is 18.4. The fourth-order valence-electron chi connectivity index (χ4n) is 4.30. The van der Waals surface area contributed by atoms with Crippen molar-refractivity contribution in [3.05, 3.63) is 99.4 Å². The maximum Gasteiger partial charge on any atom is 0.295 e. The molecule has 1 fully saturated rings. The Bertz CT molecular complexity index is 1330. The molecule has 4 aromatic rings. The molecule has 6 heteroatoms. The number of likely N-dealkylation sites (tertiary alicyclic amines) is 1. The zero-order valence-electron chi connectivity index (χ0n) is 17.5. The highest BCUT2D eigenvalue weighted by Gasteiger charge is 2.46. The van der Waals surface area contributed by atoms with Gasteiger partial charge in [0.25, 0.3) is 11.7 Å². The number of hydrogen-bond donors (Lipinski definition) is 2. The number of aliphatic hydroxyl groups excluding tert-OH is 1. The van der Waals surface area contributed by atoms with Crippen LogP contribution in [0.3, 0.4) is 0 Å². The molecule has 0 aliphatic carbocycles. The lowest BCUT2D eigenvalue weighted by molar-refractivity contribution is -0.139. The largest absolute Gasteiger partial charge is 0.507 e. The molecular weight excluding hydrogens is 420 g/mol. The Balaban J connectivity index is 1.53. The third-order valence-corrected chi connectivity index (χ3v) is 6.90. The van der Waals surface area contributed by atoms with Crippen molar-refractivity contribution in [3.63, 3.8) is 0 Å². The van der Waals surface area contributed by atoms with E-state index in [1.807, 2.05) is 67.0 Å². The summed E-state index contributed by atoms with van der Waals surface area (Å²) in [4.78, 5) is 31.8. The maximum atomic E-state index is 13.1. The van der Waals surface area contributed by atoms with Gasteiger partial charge in [0.15, 0.2) is 0 Å². The van der Waals surface area contributed by atoms with E-state index in [0.717, 1.165) is 26.9 Å². The van der Waals surface area contributed by atoms with E-state index in [2.05, 4.69) is 4.98 Å². The number of thiophene rings is 1. The summed E-state index contributed by atoms with van der Waals surface area (Å²) in [6, 6.07) is 18.5. The number of H-pyrrole nitrogens is 1. The number of nitrogens with one attached hydrogen (secondary N) is 1. The number of para-hydroxylation sites is 1. The van der Waals surface area contributed by atoms with Crippen LogP contribution in [0, 0.1) is 6.92 Å². The number of aliphatic hydroxyl groups is 1. The number of benzene rings is 2. The molecule has 1 saturated heterocycles. The van der Waals surface area contributed by atoms with Crippen molar-refractivity contribution >= 4 is 39.7 Å². The fourth-order valence-corrected chi connectivity index (χ4v) is 5.14. The number of nitrogens with zero attached hydrogens (tertiary/aromatic N) is 1. The van der Waals surface area contributed by atoms with E-state index in [1.165, 1.54) is 11.3 Å². The Labute approximate surface area is 189 Å². The molecule has 0 unspecified atom stereocenters. The molecule has 0 radical (unpaired) electrons. The molecule has 1 aliphatic heterocycles. The van der Waals surface area contributed by atoms with E-state index in [-0.39, 0.29) is 11.3 Å². The van der Waals surface area contributed by atoms with Crippen molar-refractivity contribution in [2.24, 2.45) is 0 Å². The van der Waals surface area contributed by atoms with E-state index >= 15 is 0 Å². The standard InChI is InChI=1S/C26H22N2O3S/c1-16-8-10-17(11-9-16)24(29)22-23(21-7-4-14-32-21)28(26(31)25(22)30)13-12-18-15-27-20-6-3-2-5-19(18)20/h2-11,14-15,23,27,29H,12-13H2,1H3/t23-/m1/s1. The second-order valence-corrected chi connectivity index (χ2v) is 8.96. The summed E-state index contributed by atoms with van der Waals surface area (Å²) in [5, 5.41) is 14.1. The van der Waals surface area contributed by atoms with Crippen LogP contribution in [-0.4, -0.2) is 33.2 Å². The molecule has 1 amide bonds. The third kappa shape index (κ3) is 3.42. The Hall–Kier alpha value is -3.64. The highest BCUT2D eigenvalue weighted by molar-refractivity contribution is 7.10. The lowest BCUT2D eigenvalue weighted by atomic mass is 9.99. The summed E-state index contributed by atoms with van der Waals surface area (Å²) in [6.45, 7) is 2.33. The van der Waals surface area contributed by atoms with Gasteiger partial charge in [0, 0.05) is 34.1 Å². The summed E-state index contributed by atoms with van der Waals surface area (Å²) < 4.78 is 0. The topological polar surface area (TPSA) is 73.4 Å². The minimum absolute atomic E-state index is 0.128. The predicted octanol–water partition coefficient (Wildman–Crippen LogP) is 5.20. The van der Waals surface area contributed by atoms with Crippen molar-refractivity contribution in [2.75, 3.05) is 6.54 Å². The minimum Gasteiger partial charge on any atom is -0.507 e. The molecule has 2 N–H and O–H groups in total. The Morgan fingerprint density at radius 2 is 1.84 bits per heavy atom. The molecule has 2 aromatic carbocycles. The molecular formula is C26H22N2O3S. The molecule has 1 aliphatic rings. The average Bonchev–Trinajstić information content (AvgIpc) is 3.52. The van der Waals surface area contributed by atoms with Gasteiger partial charge in [-0.2, -0.15) is 0 Å². The number of ketones is 1. The first-order valence-corrected chi connectivity index (χ1v) is 11.4. The molecule has 3 heterocycles. The Morgan fingerprint density at radius 1 is 1.06 bits per heavy atom. The Morgan fingerprint density at radius 3 is 2.59 bits per heavy atom. The summed E-state index contributed by atoms with van der Waals surface area (Å²) >= 11 is 1.48. The SMILES string of the molecule is Cc1ccc(C(O)=C2C(=O)C(=O)N(CCc3c[nH]c4ccccc34)[C@@H]2c2cccs2)cc1. The van der Waals surface area contributed by atoms with Crippen LogP contribution in [0.5, 0.6) is 0 Å². The van der Waals surface area contributed by atoms with Gasteiger partial charge in [-0.15, -0.1) is 11.3 Å². The summed E-state index contributed by atoms with van der Waals surface area (Å²) in [6.07, 6.45) is 2.55. The van der Waals surface area contributed by atoms with E-state index < -0.39 is 17.7 Å². The third-order valence-electron chi connectivity index (χ3n) is 5.97. The number of aromatic nitrogens is 1. The molecule has 32 heavy (non-hydrogen) atoms. The van der Waals surface area contributed by atoms with Crippen molar-refractivity contribution in [2.45, 2.75) is 19.4 Å². The second kappa shape index (κ2) is 8.13. The predicted molar refractivity (Wildman–Crippen MR) is 127 cm³/mol. The molecule has 0 bridgehead atoms. The van der Waals surface area contributed by atoms with Gasteiger partial charge in [-0.3, -0.25) is 9.59 Å². The maximum absolute atomic E-state index is 13.1. The van der Waals surface area contributed by atoms with Gasteiger partial charge in [-0.25, -0.2) is 0 Å². The number of fused-ring (bicyclic) bond motifs is 1. The number of hydrogen-bond acceptors (Lipinski definition) is 4. The molecule has 5 rings (SSSR count). The van der Waals surface area contributed by atoms with Crippen LogP contribution in [0.25, 0.3) is 16.7 Å². The number of aryl methyl sites for hydroxylation is 1. The van der Waals surface area contributed by atoms with E-state index in [1.54, 1.807) is 17.0 Å².